The van der Waals surface area contributed by atoms with Gasteiger partial charge in [-0.1, -0.05) is 48.6 Å². The highest BCUT2D eigenvalue weighted by atomic mass is 32.1. The van der Waals surface area contributed by atoms with Crippen LogP contribution < -0.4 is 5.73 Å². The molecule has 3 rings (SSSR count). The molecule has 0 unspecified atom stereocenters. The molecule has 106 valence electrons. The summed E-state index contributed by atoms with van der Waals surface area (Å²) in [6, 6.07) is 15.6. The first-order chi connectivity index (χ1) is 10.1. The quantitative estimate of drug-likeness (QED) is 0.885. The summed E-state index contributed by atoms with van der Waals surface area (Å²) in [6.07, 6.45) is 0.900. The van der Waals surface area contributed by atoms with Gasteiger partial charge in [0.05, 0.1) is 0 Å². The highest BCUT2D eigenvalue weighted by molar-refractivity contribution is 7.80. The van der Waals surface area contributed by atoms with Crippen LogP contribution in [0.1, 0.15) is 27.0 Å². The molecule has 4 heteroatoms. The lowest BCUT2D eigenvalue weighted by Gasteiger charge is -2.28. The van der Waals surface area contributed by atoms with Gasteiger partial charge in [0.25, 0.3) is 5.91 Å². The molecule has 0 aromatic heterocycles. The molecule has 0 aliphatic carbocycles. The average molecular weight is 296 g/mol. The van der Waals surface area contributed by atoms with Crippen LogP contribution in [-0.2, 0) is 13.0 Å². The third-order valence-corrected chi connectivity index (χ3v) is 4.01. The summed E-state index contributed by atoms with van der Waals surface area (Å²) in [5.74, 6) is 0.0950. The Labute approximate surface area is 129 Å². The first-order valence-corrected chi connectivity index (χ1v) is 7.32. The number of amides is 1. The minimum absolute atomic E-state index is 0.0950. The van der Waals surface area contributed by atoms with Gasteiger partial charge in [0.1, 0.15) is 4.99 Å². The zero-order chi connectivity index (χ0) is 14.8. The highest BCUT2D eigenvalue weighted by Gasteiger charge is 2.23. The molecule has 0 saturated heterocycles. The molecular weight excluding hydrogens is 280 g/mol. The second-order valence-corrected chi connectivity index (χ2v) is 5.64. The monoisotopic (exact) mass is 296 g/mol. The molecule has 0 spiro atoms. The van der Waals surface area contributed by atoms with E-state index in [0.29, 0.717) is 11.5 Å². The van der Waals surface area contributed by atoms with E-state index in [9.17, 15) is 4.79 Å². The number of fused-ring (bicyclic) bond motifs is 1. The SMILES string of the molecule is NC(=S)c1cccc(CN2CCc3ccccc3C2=O)c1. The number of carbonyl (C=O) groups is 1. The Morgan fingerprint density at radius 3 is 2.81 bits per heavy atom. The topological polar surface area (TPSA) is 46.3 Å². The molecule has 1 amide bonds. The fourth-order valence-corrected chi connectivity index (χ4v) is 2.80. The van der Waals surface area contributed by atoms with Gasteiger partial charge >= 0.3 is 0 Å². The first-order valence-electron chi connectivity index (χ1n) is 6.91. The van der Waals surface area contributed by atoms with Crippen LogP contribution in [0.3, 0.4) is 0 Å². The summed E-state index contributed by atoms with van der Waals surface area (Å²) in [7, 11) is 0. The lowest BCUT2D eigenvalue weighted by molar-refractivity contribution is 0.0727. The van der Waals surface area contributed by atoms with E-state index in [0.717, 1.165) is 35.2 Å². The average Bonchev–Trinajstić information content (AvgIpc) is 2.51. The van der Waals surface area contributed by atoms with Crippen LogP contribution in [-0.4, -0.2) is 22.3 Å². The summed E-state index contributed by atoms with van der Waals surface area (Å²) in [5, 5.41) is 0. The van der Waals surface area contributed by atoms with Gasteiger partial charge in [0.2, 0.25) is 0 Å². The molecule has 1 heterocycles. The highest BCUT2D eigenvalue weighted by Crippen LogP contribution is 2.20. The lowest BCUT2D eigenvalue weighted by atomic mass is 9.98. The molecular formula is C17H16N2OS. The van der Waals surface area contributed by atoms with E-state index >= 15 is 0 Å². The standard InChI is InChI=1S/C17H16N2OS/c18-16(21)14-6-3-4-12(10-14)11-19-9-8-13-5-1-2-7-15(13)17(19)20/h1-7,10H,8-9,11H2,(H2,18,21). The van der Waals surface area contributed by atoms with E-state index < -0.39 is 0 Å². The summed E-state index contributed by atoms with van der Waals surface area (Å²) in [5.41, 5.74) is 9.50. The molecule has 1 aliphatic rings. The number of hydrogen-bond acceptors (Lipinski definition) is 2. The number of nitrogens with two attached hydrogens (primary N) is 1. The normalized spacial score (nSPS) is 13.9. The molecule has 0 fully saturated rings. The molecule has 0 bridgehead atoms. The van der Waals surface area contributed by atoms with Crippen molar-refractivity contribution in [1.82, 2.24) is 4.90 Å². The van der Waals surface area contributed by atoms with Crippen LogP contribution in [0.25, 0.3) is 0 Å². The Bertz CT molecular complexity index is 711. The van der Waals surface area contributed by atoms with Gasteiger partial charge in [-0.15, -0.1) is 0 Å². The third kappa shape index (κ3) is 2.81. The van der Waals surface area contributed by atoms with Crippen molar-refractivity contribution in [2.75, 3.05) is 6.54 Å². The van der Waals surface area contributed by atoms with Crippen molar-refractivity contribution in [3.63, 3.8) is 0 Å². The van der Waals surface area contributed by atoms with Crippen molar-refractivity contribution in [2.45, 2.75) is 13.0 Å². The Hall–Kier alpha value is -2.20. The second kappa shape index (κ2) is 5.66. The van der Waals surface area contributed by atoms with Crippen LogP contribution in [0.2, 0.25) is 0 Å². The van der Waals surface area contributed by atoms with E-state index in [1.54, 1.807) is 0 Å². The number of nitrogens with zero attached hydrogens (tertiary/aromatic N) is 1. The van der Waals surface area contributed by atoms with E-state index in [-0.39, 0.29) is 5.91 Å². The van der Waals surface area contributed by atoms with Crippen molar-refractivity contribution >= 4 is 23.1 Å². The van der Waals surface area contributed by atoms with Crippen molar-refractivity contribution in [3.05, 3.63) is 70.8 Å². The largest absolute Gasteiger partial charge is 0.389 e. The van der Waals surface area contributed by atoms with Gasteiger partial charge < -0.3 is 10.6 Å². The van der Waals surface area contributed by atoms with Gasteiger partial charge in [-0.05, 0) is 29.7 Å². The van der Waals surface area contributed by atoms with Gasteiger partial charge in [0, 0.05) is 24.2 Å². The zero-order valence-electron chi connectivity index (χ0n) is 11.6. The Morgan fingerprint density at radius 1 is 1.19 bits per heavy atom. The number of benzene rings is 2. The lowest BCUT2D eigenvalue weighted by Crippen LogP contribution is -2.37. The predicted molar refractivity (Wildman–Crippen MR) is 87.2 cm³/mol. The summed E-state index contributed by atoms with van der Waals surface area (Å²) in [6.45, 7) is 1.33. The number of rotatable bonds is 3. The van der Waals surface area contributed by atoms with Crippen LogP contribution in [0.15, 0.2) is 48.5 Å². The van der Waals surface area contributed by atoms with Gasteiger partial charge in [-0.2, -0.15) is 0 Å². The van der Waals surface area contributed by atoms with E-state index in [2.05, 4.69) is 0 Å². The maximum Gasteiger partial charge on any atom is 0.254 e. The fraction of sp³-hybridized carbons (Fsp3) is 0.176. The minimum Gasteiger partial charge on any atom is -0.389 e. The Morgan fingerprint density at radius 2 is 2.00 bits per heavy atom. The van der Waals surface area contributed by atoms with Crippen LogP contribution in [0.4, 0.5) is 0 Å². The first kappa shape index (κ1) is 13.8. The summed E-state index contributed by atoms with van der Waals surface area (Å²) < 4.78 is 0. The molecule has 0 saturated carbocycles. The van der Waals surface area contributed by atoms with Crippen molar-refractivity contribution in [3.8, 4) is 0 Å². The van der Waals surface area contributed by atoms with E-state index in [1.807, 2.05) is 53.4 Å². The van der Waals surface area contributed by atoms with Crippen LogP contribution >= 0.6 is 12.2 Å². The molecule has 21 heavy (non-hydrogen) atoms. The minimum atomic E-state index is 0.0950. The summed E-state index contributed by atoms with van der Waals surface area (Å²) in [4.78, 5) is 14.8. The van der Waals surface area contributed by atoms with Crippen molar-refractivity contribution < 1.29 is 4.79 Å². The number of hydrogen-bond donors (Lipinski definition) is 1. The summed E-state index contributed by atoms with van der Waals surface area (Å²) >= 11 is 5.00. The van der Waals surface area contributed by atoms with E-state index in [1.165, 1.54) is 0 Å². The van der Waals surface area contributed by atoms with Gasteiger partial charge in [0.15, 0.2) is 0 Å². The predicted octanol–water partition coefficient (Wildman–Crippen LogP) is 2.52. The molecule has 2 N–H and O–H groups in total. The van der Waals surface area contributed by atoms with Crippen molar-refractivity contribution in [2.24, 2.45) is 5.73 Å². The van der Waals surface area contributed by atoms with Crippen LogP contribution in [0, 0.1) is 0 Å². The van der Waals surface area contributed by atoms with Crippen molar-refractivity contribution in [1.29, 1.82) is 0 Å². The molecule has 2 aromatic rings. The smallest absolute Gasteiger partial charge is 0.254 e. The molecule has 1 aliphatic heterocycles. The second-order valence-electron chi connectivity index (χ2n) is 5.20. The number of carbonyl (C=O) groups excluding carboxylic acids is 1. The molecule has 0 radical (unpaired) electrons. The third-order valence-electron chi connectivity index (χ3n) is 3.77. The van der Waals surface area contributed by atoms with Gasteiger partial charge in [-0.3, -0.25) is 4.79 Å². The Balaban J connectivity index is 1.82. The fourth-order valence-electron chi connectivity index (χ4n) is 2.67. The molecule has 2 aromatic carbocycles. The molecule has 3 nitrogen and oxygen atoms in total. The van der Waals surface area contributed by atoms with E-state index in [4.69, 9.17) is 18.0 Å². The van der Waals surface area contributed by atoms with Crippen LogP contribution in [0.5, 0.6) is 0 Å². The Kier molecular flexibility index (Phi) is 3.71. The maximum absolute atomic E-state index is 12.5. The maximum atomic E-state index is 12.5. The van der Waals surface area contributed by atoms with Gasteiger partial charge in [-0.25, -0.2) is 0 Å². The number of thiocarbonyl (C=S) groups is 1. The zero-order valence-corrected chi connectivity index (χ0v) is 12.4. The molecule has 0 atom stereocenters.